The minimum Gasteiger partial charge on any atom is -0.493 e. The summed E-state index contributed by atoms with van der Waals surface area (Å²) >= 11 is 0. The molecule has 2 heterocycles. The summed E-state index contributed by atoms with van der Waals surface area (Å²) in [5.41, 5.74) is 3.88. The Bertz CT molecular complexity index is 995. The van der Waals surface area contributed by atoms with Gasteiger partial charge in [-0.25, -0.2) is 14.4 Å². The van der Waals surface area contributed by atoms with Crippen molar-refractivity contribution in [2.75, 3.05) is 19.2 Å². The molecule has 0 N–H and O–H groups in total. The minimum atomic E-state index is -0.257. The fraction of sp³-hybridized carbons (Fsp3) is 0.227. The summed E-state index contributed by atoms with van der Waals surface area (Å²) in [5, 5.41) is 4.12. The molecule has 0 saturated heterocycles. The summed E-state index contributed by atoms with van der Waals surface area (Å²) in [7, 11) is 3.25. The van der Waals surface area contributed by atoms with Gasteiger partial charge in [-0.3, -0.25) is 5.01 Å². The summed E-state index contributed by atoms with van der Waals surface area (Å²) in [6, 6.07) is 12.4. The smallest absolute Gasteiger partial charge is 0.161 e. The van der Waals surface area contributed by atoms with Crippen LogP contribution in [0.5, 0.6) is 11.5 Å². The first-order chi connectivity index (χ1) is 13.5. The minimum absolute atomic E-state index is 0.0159. The second-order valence-corrected chi connectivity index (χ2v) is 6.72. The number of halogens is 1. The van der Waals surface area contributed by atoms with Crippen LogP contribution in [-0.2, 0) is 0 Å². The molecule has 0 aromatic heterocycles. The lowest BCUT2D eigenvalue weighted by atomic mass is 9.99. The maximum Gasteiger partial charge on any atom is 0.161 e. The Hall–Kier alpha value is -3.28. The SMILES string of the molecule is COc1ccc(C2=C3N=C(C)C=CN3N(c3ccc(F)cc3)C2C)cc1OC. The van der Waals surface area contributed by atoms with E-state index < -0.39 is 0 Å². The van der Waals surface area contributed by atoms with E-state index in [-0.39, 0.29) is 11.9 Å². The van der Waals surface area contributed by atoms with Gasteiger partial charge in [0.25, 0.3) is 0 Å². The van der Waals surface area contributed by atoms with Crippen molar-refractivity contribution in [1.29, 1.82) is 0 Å². The van der Waals surface area contributed by atoms with Gasteiger partial charge in [0.1, 0.15) is 5.82 Å². The van der Waals surface area contributed by atoms with E-state index in [9.17, 15) is 4.39 Å². The number of hydrogen-bond donors (Lipinski definition) is 0. The van der Waals surface area contributed by atoms with Crippen molar-refractivity contribution in [3.05, 3.63) is 71.9 Å². The molecule has 0 spiro atoms. The van der Waals surface area contributed by atoms with Gasteiger partial charge < -0.3 is 9.47 Å². The van der Waals surface area contributed by atoms with E-state index in [0.717, 1.165) is 28.4 Å². The number of hydrogen-bond acceptors (Lipinski definition) is 5. The molecule has 2 aliphatic heterocycles. The molecule has 28 heavy (non-hydrogen) atoms. The summed E-state index contributed by atoms with van der Waals surface area (Å²) in [6.07, 6.45) is 3.95. The molecule has 144 valence electrons. The molecule has 0 saturated carbocycles. The first kappa shape index (κ1) is 18.1. The molecular weight excluding hydrogens is 357 g/mol. The highest BCUT2D eigenvalue weighted by molar-refractivity contribution is 5.96. The zero-order valence-corrected chi connectivity index (χ0v) is 16.3. The van der Waals surface area contributed by atoms with E-state index in [1.54, 1.807) is 26.4 Å². The molecule has 2 aromatic rings. The fourth-order valence-corrected chi connectivity index (χ4v) is 3.67. The van der Waals surface area contributed by atoms with E-state index in [1.807, 2.05) is 42.4 Å². The topological polar surface area (TPSA) is 37.3 Å². The highest BCUT2D eigenvalue weighted by Gasteiger charge is 2.37. The van der Waals surface area contributed by atoms with Gasteiger partial charge in [0, 0.05) is 17.5 Å². The van der Waals surface area contributed by atoms with Gasteiger partial charge in [-0.05, 0) is 61.9 Å². The largest absolute Gasteiger partial charge is 0.493 e. The molecule has 0 aliphatic carbocycles. The molecular formula is C22H22FN3O2. The lowest BCUT2D eigenvalue weighted by molar-refractivity contribution is 0.355. The van der Waals surface area contributed by atoms with Crippen LogP contribution in [0, 0.1) is 5.82 Å². The van der Waals surface area contributed by atoms with Crippen molar-refractivity contribution in [1.82, 2.24) is 5.01 Å². The molecule has 0 amide bonds. The monoisotopic (exact) mass is 379 g/mol. The van der Waals surface area contributed by atoms with Crippen LogP contribution in [0.4, 0.5) is 10.1 Å². The number of methoxy groups -OCH3 is 2. The van der Waals surface area contributed by atoms with E-state index in [2.05, 4.69) is 11.9 Å². The molecule has 6 heteroatoms. The summed E-state index contributed by atoms with van der Waals surface area (Å²) in [4.78, 5) is 4.79. The molecule has 1 unspecified atom stereocenters. The van der Waals surface area contributed by atoms with Crippen molar-refractivity contribution in [2.24, 2.45) is 4.99 Å². The van der Waals surface area contributed by atoms with Crippen molar-refractivity contribution in [3.63, 3.8) is 0 Å². The second-order valence-electron chi connectivity index (χ2n) is 6.72. The number of fused-ring (bicyclic) bond motifs is 1. The second kappa shape index (κ2) is 7.03. The van der Waals surface area contributed by atoms with Gasteiger partial charge in [0.2, 0.25) is 0 Å². The van der Waals surface area contributed by atoms with Gasteiger partial charge in [-0.2, -0.15) is 0 Å². The van der Waals surface area contributed by atoms with Crippen LogP contribution in [0.25, 0.3) is 5.57 Å². The molecule has 2 aliphatic rings. The van der Waals surface area contributed by atoms with E-state index in [1.165, 1.54) is 12.1 Å². The van der Waals surface area contributed by atoms with Crippen molar-refractivity contribution in [2.45, 2.75) is 19.9 Å². The zero-order chi connectivity index (χ0) is 19.8. The Morgan fingerprint density at radius 1 is 1.00 bits per heavy atom. The zero-order valence-electron chi connectivity index (χ0n) is 16.3. The van der Waals surface area contributed by atoms with Crippen LogP contribution >= 0.6 is 0 Å². The predicted molar refractivity (Wildman–Crippen MR) is 109 cm³/mol. The highest BCUT2D eigenvalue weighted by atomic mass is 19.1. The van der Waals surface area contributed by atoms with Gasteiger partial charge in [0.05, 0.1) is 25.9 Å². The Morgan fingerprint density at radius 2 is 1.71 bits per heavy atom. The van der Waals surface area contributed by atoms with E-state index in [0.29, 0.717) is 11.5 Å². The summed E-state index contributed by atoms with van der Waals surface area (Å²) in [5.74, 6) is 1.94. The predicted octanol–water partition coefficient (Wildman–Crippen LogP) is 4.63. The Balaban J connectivity index is 1.84. The Labute approximate surface area is 164 Å². The lowest BCUT2D eigenvalue weighted by Gasteiger charge is -2.34. The maximum atomic E-state index is 13.4. The van der Waals surface area contributed by atoms with Crippen LogP contribution < -0.4 is 14.5 Å². The fourth-order valence-electron chi connectivity index (χ4n) is 3.67. The molecule has 2 aromatic carbocycles. The van der Waals surface area contributed by atoms with E-state index in [4.69, 9.17) is 14.5 Å². The molecule has 0 bridgehead atoms. The van der Waals surface area contributed by atoms with Crippen LogP contribution in [0.3, 0.4) is 0 Å². The van der Waals surface area contributed by atoms with Gasteiger partial charge in [-0.1, -0.05) is 6.07 Å². The molecule has 0 fully saturated rings. The third kappa shape index (κ3) is 2.91. The molecule has 0 radical (unpaired) electrons. The Kier molecular flexibility index (Phi) is 4.55. The number of ether oxygens (including phenoxy) is 2. The third-order valence-corrected chi connectivity index (χ3v) is 5.00. The standard InChI is InChI=1S/C22H22FN3O2/c1-14-11-12-25-22(24-14)21(16-5-10-19(27-3)20(13-16)28-4)15(2)26(25)18-8-6-17(23)7-9-18/h5-13,15H,1-4H3. The van der Waals surface area contributed by atoms with Crippen LogP contribution in [0.2, 0.25) is 0 Å². The maximum absolute atomic E-state index is 13.4. The van der Waals surface area contributed by atoms with Crippen molar-refractivity contribution >= 4 is 17.0 Å². The van der Waals surface area contributed by atoms with Gasteiger partial charge in [-0.15, -0.1) is 0 Å². The number of rotatable bonds is 4. The number of nitrogens with zero attached hydrogens (tertiary/aromatic N) is 3. The van der Waals surface area contributed by atoms with Crippen LogP contribution in [0.1, 0.15) is 19.4 Å². The molecule has 4 rings (SSSR count). The number of aliphatic imine (C=N–C) groups is 1. The average molecular weight is 379 g/mol. The van der Waals surface area contributed by atoms with Gasteiger partial charge in [0.15, 0.2) is 17.3 Å². The number of anilines is 1. The van der Waals surface area contributed by atoms with Crippen LogP contribution in [0.15, 0.2) is 65.6 Å². The number of benzene rings is 2. The molecule has 5 nitrogen and oxygen atoms in total. The van der Waals surface area contributed by atoms with Crippen molar-refractivity contribution < 1.29 is 13.9 Å². The Morgan fingerprint density at radius 3 is 2.39 bits per heavy atom. The summed E-state index contributed by atoms with van der Waals surface area (Å²) in [6.45, 7) is 4.08. The molecule has 1 atom stereocenters. The first-order valence-corrected chi connectivity index (χ1v) is 9.07. The lowest BCUT2D eigenvalue weighted by Crippen LogP contribution is -2.39. The number of allylic oxidation sites excluding steroid dienone is 1. The van der Waals surface area contributed by atoms with Crippen molar-refractivity contribution in [3.8, 4) is 11.5 Å². The number of hydrazine groups is 1. The average Bonchev–Trinajstić information content (AvgIpc) is 2.99. The normalized spacial score (nSPS) is 18.3. The van der Waals surface area contributed by atoms with Gasteiger partial charge >= 0.3 is 0 Å². The third-order valence-electron chi connectivity index (χ3n) is 5.00. The first-order valence-electron chi connectivity index (χ1n) is 9.07. The highest BCUT2D eigenvalue weighted by Crippen LogP contribution is 2.42. The van der Waals surface area contributed by atoms with Crippen LogP contribution in [-0.4, -0.2) is 31.0 Å². The summed E-state index contributed by atoms with van der Waals surface area (Å²) < 4.78 is 24.3. The quantitative estimate of drug-likeness (QED) is 0.777. The van der Waals surface area contributed by atoms with E-state index >= 15 is 0 Å².